The Bertz CT molecular complexity index is 546. The van der Waals surface area contributed by atoms with Crippen LogP contribution in [0.4, 0.5) is 9.59 Å². The first-order chi connectivity index (χ1) is 10.0. The summed E-state index contributed by atoms with van der Waals surface area (Å²) in [5, 5.41) is 9.12. The maximum Gasteiger partial charge on any atom is 0.419 e. The number of likely N-dealkylation sites (N-methyl/N-ethyl adjacent to an activating group) is 1. The number of carboxylic acid groups (broad SMARTS) is 1. The highest BCUT2D eigenvalue weighted by atomic mass is 16.6. The van der Waals surface area contributed by atoms with Crippen LogP contribution in [0, 0.1) is 0 Å². The Balaban J connectivity index is 2.05. The number of carbonyl (C=O) groups is 3. The van der Waals surface area contributed by atoms with Crippen molar-refractivity contribution in [1.29, 1.82) is 0 Å². The topological polar surface area (TPSA) is 87.2 Å². The molecule has 112 valence electrons. The molecule has 0 saturated carbocycles. The first-order valence-corrected chi connectivity index (χ1v) is 6.56. The van der Waals surface area contributed by atoms with Crippen molar-refractivity contribution >= 4 is 18.1 Å². The fourth-order valence-corrected chi connectivity index (χ4v) is 2.10. The van der Waals surface area contributed by atoms with Crippen LogP contribution in [0.25, 0.3) is 0 Å². The summed E-state index contributed by atoms with van der Waals surface area (Å²) in [7, 11) is 0. The lowest BCUT2D eigenvalue weighted by molar-refractivity contribution is -0.140. The molecule has 1 aliphatic heterocycles. The van der Waals surface area contributed by atoms with Crippen molar-refractivity contribution in [2.45, 2.75) is 19.6 Å². The van der Waals surface area contributed by atoms with Gasteiger partial charge in [0, 0.05) is 6.54 Å². The minimum atomic E-state index is -1.23. The van der Waals surface area contributed by atoms with Crippen molar-refractivity contribution in [2.75, 3.05) is 13.1 Å². The van der Waals surface area contributed by atoms with Gasteiger partial charge in [-0.15, -0.1) is 0 Å². The minimum absolute atomic E-state index is 0.0120. The van der Waals surface area contributed by atoms with Gasteiger partial charge < -0.3 is 14.7 Å². The van der Waals surface area contributed by atoms with Crippen LogP contribution in [-0.2, 0) is 16.1 Å². The molecular formula is C14H16N2O5. The predicted octanol–water partition coefficient (Wildman–Crippen LogP) is 1.53. The summed E-state index contributed by atoms with van der Waals surface area (Å²) in [6, 6.07) is 7.11. The number of rotatable bonds is 4. The van der Waals surface area contributed by atoms with Crippen molar-refractivity contribution in [3.8, 4) is 0 Å². The summed E-state index contributed by atoms with van der Waals surface area (Å²) in [5.41, 5.74) is 0.761. The van der Waals surface area contributed by atoms with Gasteiger partial charge in [-0.1, -0.05) is 30.3 Å². The number of benzene rings is 1. The number of urea groups is 1. The van der Waals surface area contributed by atoms with Gasteiger partial charge in [-0.05, 0) is 12.5 Å². The molecule has 1 saturated heterocycles. The SMILES string of the molecule is CCN1CC(C(=O)O)N(C(=O)OCc2ccccc2)C1=O. The molecule has 7 nitrogen and oxygen atoms in total. The third-order valence-corrected chi connectivity index (χ3v) is 3.25. The molecule has 1 N–H and O–H groups in total. The van der Waals surface area contributed by atoms with E-state index in [4.69, 9.17) is 9.84 Å². The number of amides is 3. The van der Waals surface area contributed by atoms with Crippen LogP contribution in [0.1, 0.15) is 12.5 Å². The van der Waals surface area contributed by atoms with Gasteiger partial charge >= 0.3 is 18.1 Å². The Hall–Kier alpha value is -2.57. The summed E-state index contributed by atoms with van der Waals surface area (Å²) >= 11 is 0. The summed E-state index contributed by atoms with van der Waals surface area (Å²) in [6.07, 6.45) is -0.938. The molecule has 1 atom stereocenters. The van der Waals surface area contributed by atoms with E-state index in [1.165, 1.54) is 4.90 Å². The summed E-state index contributed by atoms with van der Waals surface area (Å²) in [4.78, 5) is 37.1. The van der Waals surface area contributed by atoms with Crippen molar-refractivity contribution < 1.29 is 24.2 Å². The third kappa shape index (κ3) is 3.13. The fourth-order valence-electron chi connectivity index (χ4n) is 2.10. The number of nitrogens with zero attached hydrogens (tertiary/aromatic N) is 2. The highest BCUT2D eigenvalue weighted by Gasteiger charge is 2.45. The molecular weight excluding hydrogens is 276 g/mol. The van der Waals surface area contributed by atoms with Gasteiger partial charge in [0.2, 0.25) is 0 Å². The van der Waals surface area contributed by atoms with Crippen LogP contribution >= 0.6 is 0 Å². The fraction of sp³-hybridized carbons (Fsp3) is 0.357. The van der Waals surface area contributed by atoms with Crippen molar-refractivity contribution in [2.24, 2.45) is 0 Å². The number of carboxylic acids is 1. The van der Waals surface area contributed by atoms with E-state index >= 15 is 0 Å². The molecule has 1 unspecified atom stereocenters. The smallest absolute Gasteiger partial charge is 0.419 e. The maximum absolute atomic E-state index is 12.0. The normalized spacial score (nSPS) is 18.0. The van der Waals surface area contributed by atoms with E-state index in [1.54, 1.807) is 31.2 Å². The van der Waals surface area contributed by atoms with Crippen molar-refractivity contribution in [1.82, 2.24) is 9.80 Å². The quantitative estimate of drug-likeness (QED) is 0.909. The number of hydrogen-bond acceptors (Lipinski definition) is 4. The molecule has 1 aliphatic rings. The molecule has 0 radical (unpaired) electrons. The molecule has 3 amide bonds. The monoisotopic (exact) mass is 292 g/mol. The summed E-state index contributed by atoms with van der Waals surface area (Å²) in [5.74, 6) is -1.23. The van der Waals surface area contributed by atoms with Gasteiger partial charge in [0.05, 0.1) is 6.54 Å². The van der Waals surface area contributed by atoms with Crippen LogP contribution in [0.5, 0.6) is 0 Å². The first-order valence-electron chi connectivity index (χ1n) is 6.56. The zero-order valence-corrected chi connectivity index (χ0v) is 11.6. The van der Waals surface area contributed by atoms with Gasteiger partial charge in [-0.25, -0.2) is 19.3 Å². The Morgan fingerprint density at radius 3 is 2.57 bits per heavy atom. The highest BCUT2D eigenvalue weighted by molar-refractivity contribution is 5.98. The lowest BCUT2D eigenvalue weighted by Crippen LogP contribution is -2.44. The molecule has 21 heavy (non-hydrogen) atoms. The second kappa shape index (κ2) is 6.25. The number of hydrogen-bond donors (Lipinski definition) is 1. The second-order valence-corrected chi connectivity index (χ2v) is 4.59. The van der Waals surface area contributed by atoms with Gasteiger partial charge in [0.15, 0.2) is 6.04 Å². The summed E-state index contributed by atoms with van der Waals surface area (Å²) in [6.45, 7) is 2.02. The lowest BCUT2D eigenvalue weighted by atomic mass is 10.2. The van der Waals surface area contributed by atoms with Crippen LogP contribution in [0.2, 0.25) is 0 Å². The Morgan fingerprint density at radius 1 is 1.33 bits per heavy atom. The zero-order chi connectivity index (χ0) is 15.4. The van der Waals surface area contributed by atoms with E-state index in [1.807, 2.05) is 6.07 Å². The number of imide groups is 1. The van der Waals surface area contributed by atoms with E-state index < -0.39 is 24.1 Å². The van der Waals surface area contributed by atoms with E-state index in [9.17, 15) is 14.4 Å². The second-order valence-electron chi connectivity index (χ2n) is 4.59. The molecule has 0 bridgehead atoms. The zero-order valence-electron chi connectivity index (χ0n) is 11.6. The molecule has 2 rings (SSSR count). The first kappa shape index (κ1) is 14.8. The van der Waals surface area contributed by atoms with Gasteiger partial charge in [0.25, 0.3) is 0 Å². The van der Waals surface area contributed by atoms with E-state index in [-0.39, 0.29) is 13.2 Å². The average Bonchev–Trinajstić information content (AvgIpc) is 2.83. The van der Waals surface area contributed by atoms with Gasteiger partial charge in [-0.3, -0.25) is 0 Å². The third-order valence-electron chi connectivity index (χ3n) is 3.25. The Morgan fingerprint density at radius 2 is 2.00 bits per heavy atom. The van der Waals surface area contributed by atoms with Crippen molar-refractivity contribution in [3.05, 3.63) is 35.9 Å². The minimum Gasteiger partial charge on any atom is -0.480 e. The predicted molar refractivity (Wildman–Crippen MR) is 72.5 cm³/mol. The highest BCUT2D eigenvalue weighted by Crippen LogP contribution is 2.18. The molecule has 0 spiro atoms. The van der Waals surface area contributed by atoms with Crippen LogP contribution < -0.4 is 0 Å². The van der Waals surface area contributed by atoms with Gasteiger partial charge in [-0.2, -0.15) is 0 Å². The lowest BCUT2D eigenvalue weighted by Gasteiger charge is -2.18. The molecule has 1 aromatic carbocycles. The largest absolute Gasteiger partial charge is 0.480 e. The standard InChI is InChI=1S/C14H16N2O5/c1-2-15-8-11(12(17)18)16(13(15)19)14(20)21-9-10-6-4-3-5-7-10/h3-7,11H,2,8-9H2,1H3,(H,17,18). The van der Waals surface area contributed by atoms with Crippen LogP contribution in [0.3, 0.4) is 0 Å². The summed E-state index contributed by atoms with van der Waals surface area (Å²) < 4.78 is 5.03. The molecule has 7 heteroatoms. The molecule has 0 aliphatic carbocycles. The number of aliphatic carboxylic acids is 1. The Kier molecular flexibility index (Phi) is 4.42. The molecule has 1 aromatic rings. The average molecular weight is 292 g/mol. The molecule has 1 heterocycles. The van der Waals surface area contributed by atoms with E-state index in [0.29, 0.717) is 11.4 Å². The van der Waals surface area contributed by atoms with E-state index in [0.717, 1.165) is 5.56 Å². The van der Waals surface area contributed by atoms with Crippen LogP contribution in [0.15, 0.2) is 30.3 Å². The molecule has 0 aromatic heterocycles. The van der Waals surface area contributed by atoms with Gasteiger partial charge in [0.1, 0.15) is 6.61 Å². The number of carbonyl (C=O) groups excluding carboxylic acids is 2. The van der Waals surface area contributed by atoms with Crippen LogP contribution in [-0.4, -0.2) is 52.1 Å². The maximum atomic E-state index is 12.0. The van der Waals surface area contributed by atoms with Crippen molar-refractivity contribution in [3.63, 3.8) is 0 Å². The Labute approximate surface area is 121 Å². The number of ether oxygens (including phenoxy) is 1. The van der Waals surface area contributed by atoms with E-state index in [2.05, 4.69) is 0 Å². The molecule has 1 fully saturated rings.